The summed E-state index contributed by atoms with van der Waals surface area (Å²) in [6, 6.07) is 9.35. The third-order valence-electron chi connectivity index (χ3n) is 3.92. The van der Waals surface area contributed by atoms with Crippen molar-refractivity contribution >= 4 is 22.9 Å². The Morgan fingerprint density at radius 1 is 1.43 bits per heavy atom. The van der Waals surface area contributed by atoms with Crippen LogP contribution in [0.4, 0.5) is 5.69 Å². The first-order valence-electron chi connectivity index (χ1n) is 7.28. The summed E-state index contributed by atoms with van der Waals surface area (Å²) in [5.74, 6) is 0.654. The summed E-state index contributed by atoms with van der Waals surface area (Å²) in [5.41, 5.74) is 2.87. The van der Waals surface area contributed by atoms with Crippen molar-refractivity contribution in [2.45, 2.75) is 32.8 Å². The standard InChI is InChI=1S/C17H19NO2S/c1-11-5-6-15-13(7-11)9-16(21-15)17(20)18-14-4-2-3-12(8-14)10-19/h2-4,8-9,11,19H,5-7,10H2,1H3,(H,18,20)/t11-/m1/s1. The molecule has 0 unspecified atom stereocenters. The van der Waals surface area contributed by atoms with Crippen molar-refractivity contribution in [2.75, 3.05) is 5.32 Å². The maximum atomic E-state index is 12.3. The first-order chi connectivity index (χ1) is 10.2. The van der Waals surface area contributed by atoms with Gasteiger partial charge in [0.15, 0.2) is 0 Å². The maximum Gasteiger partial charge on any atom is 0.265 e. The van der Waals surface area contributed by atoms with Crippen molar-refractivity contribution in [3.8, 4) is 0 Å². The Kier molecular flexibility index (Phi) is 4.08. The number of aryl methyl sites for hydroxylation is 1. The van der Waals surface area contributed by atoms with E-state index in [1.54, 1.807) is 17.4 Å². The number of hydrogen-bond donors (Lipinski definition) is 2. The number of rotatable bonds is 3. The molecule has 0 radical (unpaired) electrons. The molecule has 1 aliphatic carbocycles. The molecular weight excluding hydrogens is 282 g/mol. The van der Waals surface area contributed by atoms with Crippen LogP contribution in [0, 0.1) is 5.92 Å². The Hall–Kier alpha value is -1.65. The fourth-order valence-electron chi connectivity index (χ4n) is 2.76. The van der Waals surface area contributed by atoms with E-state index in [-0.39, 0.29) is 12.5 Å². The number of hydrogen-bond acceptors (Lipinski definition) is 3. The lowest BCUT2D eigenvalue weighted by molar-refractivity contribution is 0.103. The van der Waals surface area contributed by atoms with Crippen LogP contribution in [0.1, 0.15) is 39.0 Å². The molecule has 4 heteroatoms. The Morgan fingerprint density at radius 2 is 2.29 bits per heavy atom. The average Bonchev–Trinajstić information content (AvgIpc) is 2.90. The molecule has 2 aromatic rings. The maximum absolute atomic E-state index is 12.3. The molecule has 0 spiro atoms. The third kappa shape index (κ3) is 3.17. The summed E-state index contributed by atoms with van der Waals surface area (Å²) in [6.07, 6.45) is 3.39. The number of fused-ring (bicyclic) bond motifs is 1. The van der Waals surface area contributed by atoms with Crippen molar-refractivity contribution in [3.63, 3.8) is 0 Å². The molecule has 0 aliphatic heterocycles. The summed E-state index contributed by atoms with van der Waals surface area (Å²) in [5, 5.41) is 12.1. The predicted molar refractivity (Wildman–Crippen MR) is 85.8 cm³/mol. The molecule has 0 fully saturated rings. The topological polar surface area (TPSA) is 49.3 Å². The zero-order valence-electron chi connectivity index (χ0n) is 12.1. The van der Waals surface area contributed by atoms with Crippen LogP contribution < -0.4 is 5.32 Å². The van der Waals surface area contributed by atoms with E-state index < -0.39 is 0 Å². The molecule has 1 aromatic heterocycles. The van der Waals surface area contributed by atoms with E-state index in [0.29, 0.717) is 5.92 Å². The lowest BCUT2D eigenvalue weighted by atomic mass is 9.90. The minimum absolute atomic E-state index is 0.0190. The molecule has 0 saturated carbocycles. The molecule has 1 atom stereocenters. The average molecular weight is 301 g/mol. The highest BCUT2D eigenvalue weighted by Gasteiger charge is 2.20. The monoisotopic (exact) mass is 301 g/mol. The summed E-state index contributed by atoms with van der Waals surface area (Å²) in [6.45, 7) is 2.25. The van der Waals surface area contributed by atoms with E-state index in [1.165, 1.54) is 16.9 Å². The number of carbonyl (C=O) groups is 1. The number of thiophene rings is 1. The van der Waals surface area contributed by atoms with Gasteiger partial charge in [-0.25, -0.2) is 0 Å². The van der Waals surface area contributed by atoms with Gasteiger partial charge in [0, 0.05) is 10.6 Å². The van der Waals surface area contributed by atoms with Gasteiger partial charge in [0.2, 0.25) is 0 Å². The SMILES string of the molecule is C[C@@H]1CCc2sc(C(=O)Nc3cccc(CO)c3)cc2C1. The smallest absolute Gasteiger partial charge is 0.265 e. The summed E-state index contributed by atoms with van der Waals surface area (Å²) < 4.78 is 0. The number of nitrogens with one attached hydrogen (secondary N) is 1. The lowest BCUT2D eigenvalue weighted by Gasteiger charge is -2.16. The van der Waals surface area contributed by atoms with Gasteiger partial charge in [-0.2, -0.15) is 0 Å². The first kappa shape index (κ1) is 14.3. The third-order valence-corrected chi connectivity index (χ3v) is 5.16. The van der Waals surface area contributed by atoms with E-state index in [9.17, 15) is 4.79 Å². The van der Waals surface area contributed by atoms with Crippen molar-refractivity contribution < 1.29 is 9.90 Å². The molecule has 21 heavy (non-hydrogen) atoms. The Bertz CT molecular complexity index is 663. The molecule has 0 saturated heterocycles. The van der Waals surface area contributed by atoms with E-state index >= 15 is 0 Å². The number of carbonyl (C=O) groups excluding carboxylic acids is 1. The second kappa shape index (κ2) is 6.00. The van der Waals surface area contributed by atoms with Gasteiger partial charge in [-0.05, 0) is 54.5 Å². The molecule has 1 amide bonds. The second-order valence-corrected chi connectivity index (χ2v) is 6.86. The van der Waals surface area contributed by atoms with Gasteiger partial charge in [0.1, 0.15) is 0 Å². The number of aliphatic hydroxyl groups is 1. The van der Waals surface area contributed by atoms with E-state index in [4.69, 9.17) is 5.11 Å². The van der Waals surface area contributed by atoms with Crippen LogP contribution >= 0.6 is 11.3 Å². The fraction of sp³-hybridized carbons (Fsp3) is 0.353. The zero-order valence-corrected chi connectivity index (χ0v) is 12.9. The second-order valence-electron chi connectivity index (χ2n) is 5.72. The minimum atomic E-state index is -0.0582. The van der Waals surface area contributed by atoms with Gasteiger partial charge in [-0.15, -0.1) is 11.3 Å². The van der Waals surface area contributed by atoms with Crippen LogP contribution in [0.5, 0.6) is 0 Å². The summed E-state index contributed by atoms with van der Waals surface area (Å²) in [7, 11) is 0. The molecule has 2 N–H and O–H groups in total. The number of benzene rings is 1. The van der Waals surface area contributed by atoms with Crippen molar-refractivity contribution in [1.29, 1.82) is 0 Å². The normalized spacial score (nSPS) is 17.3. The van der Waals surface area contributed by atoms with Crippen LogP contribution in [0.15, 0.2) is 30.3 Å². The molecule has 1 heterocycles. The molecule has 1 aromatic carbocycles. The highest BCUT2D eigenvalue weighted by molar-refractivity contribution is 7.14. The molecule has 3 rings (SSSR count). The highest BCUT2D eigenvalue weighted by Crippen LogP contribution is 2.32. The predicted octanol–water partition coefficient (Wildman–Crippen LogP) is 3.62. The highest BCUT2D eigenvalue weighted by atomic mass is 32.1. The van der Waals surface area contributed by atoms with Gasteiger partial charge in [0.05, 0.1) is 11.5 Å². The molecule has 0 bridgehead atoms. The first-order valence-corrected chi connectivity index (χ1v) is 8.10. The van der Waals surface area contributed by atoms with Gasteiger partial charge in [-0.1, -0.05) is 19.1 Å². The lowest BCUT2D eigenvalue weighted by Crippen LogP contribution is -2.10. The zero-order chi connectivity index (χ0) is 14.8. The Balaban J connectivity index is 1.76. The van der Waals surface area contributed by atoms with Crippen molar-refractivity contribution in [1.82, 2.24) is 0 Å². The molecular formula is C17H19NO2S. The molecule has 110 valence electrons. The van der Waals surface area contributed by atoms with Gasteiger partial charge < -0.3 is 10.4 Å². The van der Waals surface area contributed by atoms with E-state index in [2.05, 4.69) is 12.2 Å². The largest absolute Gasteiger partial charge is 0.392 e. The Labute approximate surface area is 128 Å². The Morgan fingerprint density at radius 3 is 3.10 bits per heavy atom. The quantitative estimate of drug-likeness (QED) is 0.909. The van der Waals surface area contributed by atoms with Crippen LogP contribution in [-0.2, 0) is 19.4 Å². The molecule has 1 aliphatic rings. The van der Waals surface area contributed by atoms with E-state index in [1.807, 2.05) is 24.3 Å². The number of amides is 1. The molecule has 3 nitrogen and oxygen atoms in total. The fourth-order valence-corrected chi connectivity index (χ4v) is 3.86. The minimum Gasteiger partial charge on any atom is -0.392 e. The van der Waals surface area contributed by atoms with Gasteiger partial charge >= 0.3 is 0 Å². The summed E-state index contributed by atoms with van der Waals surface area (Å²) >= 11 is 1.61. The van der Waals surface area contributed by atoms with Crippen LogP contribution in [-0.4, -0.2) is 11.0 Å². The summed E-state index contributed by atoms with van der Waals surface area (Å²) in [4.78, 5) is 14.5. The van der Waals surface area contributed by atoms with E-state index in [0.717, 1.165) is 29.0 Å². The van der Waals surface area contributed by atoms with Gasteiger partial charge in [0.25, 0.3) is 5.91 Å². The number of aliphatic hydroxyl groups excluding tert-OH is 1. The van der Waals surface area contributed by atoms with Gasteiger partial charge in [-0.3, -0.25) is 4.79 Å². The van der Waals surface area contributed by atoms with Crippen molar-refractivity contribution in [3.05, 3.63) is 51.2 Å². The number of anilines is 1. The van der Waals surface area contributed by atoms with Crippen LogP contribution in [0.25, 0.3) is 0 Å². The van der Waals surface area contributed by atoms with Crippen LogP contribution in [0.3, 0.4) is 0 Å². The van der Waals surface area contributed by atoms with Crippen molar-refractivity contribution in [2.24, 2.45) is 5.92 Å². The van der Waals surface area contributed by atoms with Crippen LogP contribution in [0.2, 0.25) is 0 Å².